The van der Waals surface area contributed by atoms with Crippen molar-refractivity contribution in [2.75, 3.05) is 13.8 Å². The second-order valence-corrected chi connectivity index (χ2v) is 10.3. The van der Waals surface area contributed by atoms with Crippen LogP contribution in [0.2, 0.25) is 0 Å². The molecule has 2 nitrogen and oxygen atoms in total. The van der Waals surface area contributed by atoms with Crippen LogP contribution >= 0.6 is 23.2 Å². The molecule has 0 spiro atoms. The Morgan fingerprint density at radius 2 is 0.960 bits per heavy atom. The first-order chi connectivity index (χ1) is 12.1. The molecule has 0 aromatic heterocycles. The Balaban J connectivity index is 0.000000399. The number of carbonyl (C=O) groups is 1. The van der Waals surface area contributed by atoms with Crippen molar-refractivity contribution < 1.29 is 9.53 Å². The molecule has 0 atom stereocenters. The number of ether oxygens (including phenoxy) is 1. The first-order valence-corrected chi connectivity index (χ1v) is 11.3. The fourth-order valence-electron chi connectivity index (χ4n) is 2.81. The summed E-state index contributed by atoms with van der Waals surface area (Å²) in [5.41, 5.74) is 0. The van der Waals surface area contributed by atoms with Crippen LogP contribution in [0.25, 0.3) is 0 Å². The number of hydrogen-bond donors (Lipinski definition) is 0. The summed E-state index contributed by atoms with van der Waals surface area (Å²) in [7, 11) is -0.575. The summed E-state index contributed by atoms with van der Waals surface area (Å²) in [5.74, 6) is 0. The van der Waals surface area contributed by atoms with E-state index in [4.69, 9.17) is 0 Å². The van der Waals surface area contributed by atoms with Gasteiger partial charge in [0.05, 0.1) is 7.11 Å². The van der Waals surface area contributed by atoms with Crippen molar-refractivity contribution in [3.8, 4) is 0 Å². The standard InChI is InChI=1S/C19H19P.C2H3BrO2/c1-20(17-11-5-2-6-12-17,18-13-7-3-8-14-18)19-15-9-4-10-16-19;1-5-2(3)4/h2-16,20H,1H3;1H3. The van der Waals surface area contributed by atoms with Crippen LogP contribution in [0.3, 0.4) is 0 Å². The van der Waals surface area contributed by atoms with E-state index in [0.29, 0.717) is 0 Å². The summed E-state index contributed by atoms with van der Waals surface area (Å²) in [4.78, 5) is 9.07. The average Bonchev–Trinajstić information content (AvgIpc) is 2.70. The number of methoxy groups -OCH3 is 1. The van der Waals surface area contributed by atoms with Crippen molar-refractivity contribution in [3.63, 3.8) is 0 Å². The number of halogens is 1. The molecule has 0 N–H and O–H groups in total. The molecular formula is C21H22BrO2P. The first-order valence-electron chi connectivity index (χ1n) is 7.99. The van der Waals surface area contributed by atoms with Crippen LogP contribution in [0, 0.1) is 0 Å². The third-order valence-corrected chi connectivity index (χ3v) is 9.00. The summed E-state index contributed by atoms with van der Waals surface area (Å²) < 4.78 is 4.03. The SMILES string of the molecule is COC(=O)Br.C[PH](c1ccccc1)(c1ccccc1)c1ccccc1. The van der Waals surface area contributed by atoms with E-state index < -0.39 is 12.1 Å². The fraction of sp³-hybridized carbons (Fsp3) is 0.0952. The van der Waals surface area contributed by atoms with Crippen molar-refractivity contribution in [3.05, 3.63) is 91.0 Å². The van der Waals surface area contributed by atoms with Gasteiger partial charge in [-0.1, -0.05) is 0 Å². The van der Waals surface area contributed by atoms with Gasteiger partial charge in [-0.05, 0) is 0 Å². The molecule has 0 aliphatic heterocycles. The van der Waals surface area contributed by atoms with Crippen LogP contribution in [0.4, 0.5) is 4.79 Å². The van der Waals surface area contributed by atoms with Crippen molar-refractivity contribution in [2.45, 2.75) is 0 Å². The van der Waals surface area contributed by atoms with Gasteiger partial charge in [0.15, 0.2) is 0 Å². The predicted octanol–water partition coefficient (Wildman–Crippen LogP) is 4.49. The molecule has 0 saturated heterocycles. The van der Waals surface area contributed by atoms with Crippen LogP contribution in [0.15, 0.2) is 91.0 Å². The molecule has 0 radical (unpaired) electrons. The van der Waals surface area contributed by atoms with Crippen LogP contribution in [-0.2, 0) is 4.74 Å². The summed E-state index contributed by atoms with van der Waals surface area (Å²) in [6, 6.07) is 32.8. The maximum atomic E-state index is 9.51. The number of rotatable bonds is 3. The maximum absolute atomic E-state index is 9.51. The number of hydrogen-bond acceptors (Lipinski definition) is 2. The first kappa shape index (κ1) is 19.4. The van der Waals surface area contributed by atoms with Crippen molar-refractivity contribution >= 4 is 44.0 Å². The zero-order chi connectivity index (χ0) is 18.1. The van der Waals surface area contributed by atoms with Gasteiger partial charge in [0.1, 0.15) is 0 Å². The Morgan fingerprint density at radius 1 is 0.720 bits per heavy atom. The van der Waals surface area contributed by atoms with Crippen molar-refractivity contribution in [2.24, 2.45) is 0 Å². The zero-order valence-corrected chi connectivity index (χ0v) is 16.9. The molecule has 0 amide bonds. The molecule has 130 valence electrons. The van der Waals surface area contributed by atoms with E-state index in [9.17, 15) is 4.79 Å². The number of benzene rings is 3. The van der Waals surface area contributed by atoms with Crippen molar-refractivity contribution in [1.29, 1.82) is 0 Å². The number of carbonyl (C=O) groups excluding carboxylic acids is 1. The quantitative estimate of drug-likeness (QED) is 0.464. The Hall–Kier alpha value is -1.96. The Kier molecular flexibility index (Phi) is 7.36. The van der Waals surface area contributed by atoms with Gasteiger partial charge in [0.25, 0.3) is 0 Å². The van der Waals surface area contributed by atoms with Gasteiger partial charge in [0, 0.05) is 15.9 Å². The van der Waals surface area contributed by atoms with Gasteiger partial charge in [-0.25, -0.2) is 4.79 Å². The minimum absolute atomic E-state index is 0.433. The molecule has 0 aliphatic carbocycles. The third kappa shape index (κ3) is 5.01. The average molecular weight is 417 g/mol. The van der Waals surface area contributed by atoms with Gasteiger partial charge in [-0.3, -0.25) is 0 Å². The summed E-state index contributed by atoms with van der Waals surface area (Å²) in [6.07, 6.45) is 0. The Morgan fingerprint density at radius 3 is 1.16 bits per heavy atom. The molecule has 3 rings (SSSR count). The van der Waals surface area contributed by atoms with E-state index in [-0.39, 0.29) is 0 Å². The topological polar surface area (TPSA) is 26.3 Å². The molecule has 0 aliphatic rings. The molecule has 25 heavy (non-hydrogen) atoms. The van der Waals surface area contributed by atoms with E-state index in [1.165, 1.54) is 23.0 Å². The summed E-state index contributed by atoms with van der Waals surface area (Å²) in [5, 5.41) is 4.37. The molecule has 3 aromatic carbocycles. The van der Waals surface area contributed by atoms with Crippen LogP contribution in [-0.4, -0.2) is 18.7 Å². The predicted molar refractivity (Wildman–Crippen MR) is 114 cm³/mol. The van der Waals surface area contributed by atoms with E-state index in [2.05, 4.69) is 118 Å². The van der Waals surface area contributed by atoms with Gasteiger partial charge in [-0.15, -0.1) is 0 Å². The molecule has 0 fully saturated rings. The zero-order valence-electron chi connectivity index (χ0n) is 14.4. The normalized spacial score (nSPS) is 11.0. The molecule has 0 heterocycles. The Bertz CT molecular complexity index is 680. The van der Waals surface area contributed by atoms with Crippen LogP contribution in [0.1, 0.15) is 0 Å². The minimum atomic E-state index is -1.88. The van der Waals surface area contributed by atoms with Crippen LogP contribution in [0.5, 0.6) is 0 Å². The van der Waals surface area contributed by atoms with Crippen molar-refractivity contribution in [1.82, 2.24) is 0 Å². The Labute approximate surface area is 158 Å². The molecule has 4 heteroatoms. The summed E-state index contributed by atoms with van der Waals surface area (Å²) in [6.45, 7) is 2.44. The molecular weight excluding hydrogens is 395 g/mol. The van der Waals surface area contributed by atoms with E-state index in [1.54, 1.807) is 0 Å². The second-order valence-electron chi connectivity index (χ2n) is 5.66. The van der Waals surface area contributed by atoms with Crippen LogP contribution < -0.4 is 15.9 Å². The summed E-state index contributed by atoms with van der Waals surface area (Å²) >= 11 is 2.51. The van der Waals surface area contributed by atoms with E-state index in [1.807, 2.05) is 0 Å². The molecule has 0 bridgehead atoms. The molecule has 0 unspecified atom stereocenters. The van der Waals surface area contributed by atoms with E-state index >= 15 is 0 Å². The fourth-order valence-corrected chi connectivity index (χ4v) is 6.39. The molecule has 0 saturated carbocycles. The molecule has 3 aromatic rings. The monoisotopic (exact) mass is 416 g/mol. The van der Waals surface area contributed by atoms with E-state index in [0.717, 1.165) is 0 Å². The second kappa shape index (κ2) is 9.50. The van der Waals surface area contributed by atoms with Gasteiger partial charge in [0.2, 0.25) is 0 Å². The third-order valence-electron chi connectivity index (χ3n) is 4.21. The van der Waals surface area contributed by atoms with Gasteiger partial charge >= 0.3 is 126 Å². The van der Waals surface area contributed by atoms with Gasteiger partial charge in [-0.2, -0.15) is 0 Å². The van der Waals surface area contributed by atoms with Gasteiger partial charge < -0.3 is 4.74 Å².